The Hall–Kier alpha value is -2.40. The van der Waals surface area contributed by atoms with E-state index in [1.54, 1.807) is 7.11 Å². The number of carbonyl (C=O) groups excluding carboxylic acids is 1. The number of carbonyl (C=O) groups is 1. The smallest absolute Gasteiger partial charge is 0.257 e. The minimum atomic E-state index is 0.0756. The summed E-state index contributed by atoms with van der Waals surface area (Å²) in [5.74, 6) is 1.44. The Bertz CT molecular complexity index is 750. The molecule has 2 atom stereocenters. The Balaban J connectivity index is 1.44. The van der Waals surface area contributed by atoms with Crippen LogP contribution in [0.25, 0.3) is 0 Å². The molecule has 1 amide bonds. The van der Waals surface area contributed by atoms with Gasteiger partial charge in [0.25, 0.3) is 5.91 Å². The van der Waals surface area contributed by atoms with Crippen LogP contribution < -0.4 is 4.74 Å². The number of fused-ring (bicyclic) bond motifs is 1. The molecule has 1 aromatic heterocycles. The molecule has 0 spiro atoms. The SMILES string of the molecule is COc1ccccc1C(=O)N1CC[C@@H]2CN(Cc3ccncc3)[C@@H]2C1. The minimum Gasteiger partial charge on any atom is -0.496 e. The van der Waals surface area contributed by atoms with Crippen LogP contribution >= 0.6 is 0 Å². The first-order valence-corrected chi connectivity index (χ1v) is 8.81. The summed E-state index contributed by atoms with van der Waals surface area (Å²) in [4.78, 5) is 21.5. The van der Waals surface area contributed by atoms with E-state index < -0.39 is 0 Å². The summed E-state index contributed by atoms with van der Waals surface area (Å²) in [5.41, 5.74) is 1.94. The van der Waals surface area contributed by atoms with Crippen molar-refractivity contribution in [2.75, 3.05) is 26.7 Å². The molecular weight excluding hydrogens is 314 g/mol. The van der Waals surface area contributed by atoms with Gasteiger partial charge in [0.2, 0.25) is 0 Å². The lowest BCUT2D eigenvalue weighted by Crippen LogP contribution is -2.64. The number of hydrogen-bond acceptors (Lipinski definition) is 4. The summed E-state index contributed by atoms with van der Waals surface area (Å²) in [6, 6.07) is 12.1. The predicted octanol–water partition coefficient (Wildman–Crippen LogP) is 2.44. The van der Waals surface area contributed by atoms with Gasteiger partial charge in [0.1, 0.15) is 5.75 Å². The van der Waals surface area contributed by atoms with Crippen LogP contribution in [0.2, 0.25) is 0 Å². The number of aromatic nitrogens is 1. The number of amides is 1. The van der Waals surface area contributed by atoms with E-state index >= 15 is 0 Å². The highest BCUT2D eigenvalue weighted by Gasteiger charge is 2.43. The Morgan fingerprint density at radius 1 is 1.20 bits per heavy atom. The third-order valence-electron chi connectivity index (χ3n) is 5.42. The number of piperidine rings is 1. The summed E-state index contributed by atoms with van der Waals surface area (Å²) >= 11 is 0. The second kappa shape index (κ2) is 6.84. The molecule has 5 nitrogen and oxygen atoms in total. The zero-order valence-corrected chi connectivity index (χ0v) is 14.5. The van der Waals surface area contributed by atoms with Crippen molar-refractivity contribution in [2.45, 2.75) is 19.0 Å². The van der Waals surface area contributed by atoms with E-state index in [0.717, 1.165) is 32.6 Å². The van der Waals surface area contributed by atoms with Gasteiger partial charge in [-0.15, -0.1) is 0 Å². The standard InChI is InChI=1S/C20H23N3O2/c1-25-19-5-3-2-4-17(19)20(24)22-11-8-16-13-23(18(16)14-22)12-15-6-9-21-10-7-15/h2-7,9-10,16,18H,8,11-14H2,1H3/t16-,18-/m1/s1. The highest BCUT2D eigenvalue weighted by molar-refractivity contribution is 5.97. The average molecular weight is 337 g/mol. The lowest BCUT2D eigenvalue weighted by molar-refractivity contribution is -0.0428. The van der Waals surface area contributed by atoms with Crippen LogP contribution in [0.5, 0.6) is 5.75 Å². The van der Waals surface area contributed by atoms with Gasteiger partial charge in [-0.25, -0.2) is 0 Å². The summed E-state index contributed by atoms with van der Waals surface area (Å²) in [7, 11) is 1.61. The molecule has 4 rings (SSSR count). The van der Waals surface area contributed by atoms with Crippen LogP contribution in [0.1, 0.15) is 22.3 Å². The minimum absolute atomic E-state index is 0.0756. The van der Waals surface area contributed by atoms with Gasteiger partial charge < -0.3 is 9.64 Å². The van der Waals surface area contributed by atoms with Gasteiger partial charge in [0, 0.05) is 44.6 Å². The molecule has 2 fully saturated rings. The molecule has 0 N–H and O–H groups in total. The Morgan fingerprint density at radius 2 is 2.00 bits per heavy atom. The molecule has 2 saturated heterocycles. The quantitative estimate of drug-likeness (QED) is 0.860. The molecule has 5 heteroatoms. The monoisotopic (exact) mass is 337 g/mol. The predicted molar refractivity (Wildman–Crippen MR) is 95.4 cm³/mol. The zero-order valence-electron chi connectivity index (χ0n) is 14.5. The molecule has 0 saturated carbocycles. The molecule has 2 aliphatic heterocycles. The Labute approximate surface area is 148 Å². The van der Waals surface area contributed by atoms with Crippen LogP contribution in [-0.2, 0) is 6.54 Å². The van der Waals surface area contributed by atoms with Crippen LogP contribution in [0.4, 0.5) is 0 Å². The topological polar surface area (TPSA) is 45.7 Å². The average Bonchev–Trinajstić information content (AvgIpc) is 2.66. The summed E-state index contributed by atoms with van der Waals surface area (Å²) < 4.78 is 5.36. The highest BCUT2D eigenvalue weighted by Crippen LogP contribution is 2.34. The molecule has 0 aliphatic carbocycles. The van der Waals surface area contributed by atoms with Gasteiger partial charge in [-0.2, -0.15) is 0 Å². The van der Waals surface area contributed by atoms with Crippen molar-refractivity contribution in [1.29, 1.82) is 0 Å². The van der Waals surface area contributed by atoms with E-state index in [1.807, 2.05) is 41.6 Å². The van der Waals surface area contributed by atoms with Crippen molar-refractivity contribution in [2.24, 2.45) is 5.92 Å². The van der Waals surface area contributed by atoms with Crippen molar-refractivity contribution in [1.82, 2.24) is 14.8 Å². The van der Waals surface area contributed by atoms with Gasteiger partial charge in [-0.3, -0.25) is 14.7 Å². The number of ether oxygens (including phenoxy) is 1. The number of rotatable bonds is 4. The largest absolute Gasteiger partial charge is 0.496 e. The molecular formula is C20H23N3O2. The number of pyridine rings is 1. The van der Waals surface area contributed by atoms with Gasteiger partial charge in [0.05, 0.1) is 12.7 Å². The van der Waals surface area contributed by atoms with Crippen molar-refractivity contribution >= 4 is 5.91 Å². The lowest BCUT2D eigenvalue weighted by Gasteiger charge is -2.53. The Kier molecular flexibility index (Phi) is 4.40. The second-order valence-electron chi connectivity index (χ2n) is 6.85. The molecule has 2 aliphatic rings. The second-order valence-corrected chi connectivity index (χ2v) is 6.85. The number of methoxy groups -OCH3 is 1. The van der Waals surface area contributed by atoms with Crippen molar-refractivity contribution in [3.8, 4) is 5.75 Å². The molecule has 0 radical (unpaired) electrons. The van der Waals surface area contributed by atoms with E-state index in [4.69, 9.17) is 4.74 Å². The van der Waals surface area contributed by atoms with Crippen LogP contribution in [0, 0.1) is 5.92 Å². The first-order valence-electron chi connectivity index (χ1n) is 8.81. The zero-order chi connectivity index (χ0) is 17.2. The summed E-state index contributed by atoms with van der Waals surface area (Å²) in [5, 5.41) is 0. The molecule has 130 valence electrons. The third-order valence-corrected chi connectivity index (χ3v) is 5.42. The van der Waals surface area contributed by atoms with Crippen molar-refractivity contribution < 1.29 is 9.53 Å². The molecule has 0 bridgehead atoms. The fraction of sp³-hybridized carbons (Fsp3) is 0.400. The molecule has 1 aromatic carbocycles. The van der Waals surface area contributed by atoms with Crippen molar-refractivity contribution in [3.05, 3.63) is 59.9 Å². The number of para-hydroxylation sites is 1. The maximum absolute atomic E-state index is 12.9. The summed E-state index contributed by atoms with van der Waals surface area (Å²) in [6.45, 7) is 3.69. The normalized spacial score (nSPS) is 22.8. The fourth-order valence-corrected chi connectivity index (χ4v) is 3.99. The van der Waals surface area contributed by atoms with E-state index in [2.05, 4.69) is 22.0 Å². The van der Waals surface area contributed by atoms with E-state index in [9.17, 15) is 4.79 Å². The third kappa shape index (κ3) is 3.12. The Morgan fingerprint density at radius 3 is 2.80 bits per heavy atom. The van der Waals surface area contributed by atoms with Gasteiger partial charge in [-0.05, 0) is 42.2 Å². The molecule has 3 heterocycles. The first kappa shape index (κ1) is 16.1. The lowest BCUT2D eigenvalue weighted by atomic mass is 9.81. The number of hydrogen-bond donors (Lipinski definition) is 0. The number of benzene rings is 1. The summed E-state index contributed by atoms with van der Waals surface area (Å²) in [6.07, 6.45) is 4.76. The molecule has 25 heavy (non-hydrogen) atoms. The van der Waals surface area contributed by atoms with Gasteiger partial charge in [-0.1, -0.05) is 12.1 Å². The maximum atomic E-state index is 12.9. The number of nitrogens with zero attached hydrogens (tertiary/aromatic N) is 3. The molecule has 2 aromatic rings. The maximum Gasteiger partial charge on any atom is 0.257 e. The van der Waals surface area contributed by atoms with E-state index in [-0.39, 0.29) is 5.91 Å². The highest BCUT2D eigenvalue weighted by atomic mass is 16.5. The van der Waals surface area contributed by atoms with Gasteiger partial charge >= 0.3 is 0 Å². The first-order chi connectivity index (χ1) is 12.3. The number of likely N-dealkylation sites (tertiary alicyclic amines) is 2. The van der Waals surface area contributed by atoms with E-state index in [0.29, 0.717) is 23.3 Å². The van der Waals surface area contributed by atoms with Crippen LogP contribution in [0.15, 0.2) is 48.8 Å². The fourth-order valence-electron chi connectivity index (χ4n) is 3.99. The van der Waals surface area contributed by atoms with Crippen LogP contribution in [0.3, 0.4) is 0 Å². The van der Waals surface area contributed by atoms with Crippen molar-refractivity contribution in [3.63, 3.8) is 0 Å². The van der Waals surface area contributed by atoms with Crippen LogP contribution in [-0.4, -0.2) is 53.5 Å². The van der Waals surface area contributed by atoms with E-state index in [1.165, 1.54) is 5.56 Å². The van der Waals surface area contributed by atoms with Gasteiger partial charge in [0.15, 0.2) is 0 Å². The molecule has 0 unspecified atom stereocenters.